The standard InChI is InChI=1S/C116H72N2O2S2/c1-3-29-73(30-4-1)81-44-21-33-76-35-23-47-92(111(76)81)84-37-7-14-55-101(84)117(102-56-15-9-39-86(102)94-49-25-51-96-89-42-12-19-60-106(89)119-114(94)96)80-67-63-75(64-68-80)83-46-28-62-109-113(83)100-70-66-79(72-110(100)121-109)78-65-69-90-97-52-26-50-95(115(97)120-107(90)71-78)87-40-10-17-58-104(87)118(105-59-18-11-41-88(105)98-53-27-54-99-91-43-13-20-61-108(91)122-116(98)99)103-57-16-8-38-85(103)93-48-24-36-77-34-22-45-82(112(77)93)74-31-5-2-6-32-74/h1-72H. The molecular weight excluding hydrogens is 1520 g/mol. The first-order valence-corrected chi connectivity index (χ1v) is 43.2. The van der Waals surface area contributed by atoms with Gasteiger partial charge in [0.25, 0.3) is 0 Å². The maximum absolute atomic E-state index is 7.38. The van der Waals surface area contributed by atoms with Crippen LogP contribution in [0.25, 0.3) is 206 Å². The fourth-order valence-corrected chi connectivity index (χ4v) is 21.7. The Morgan fingerprint density at radius 3 is 1.11 bits per heavy atom. The van der Waals surface area contributed by atoms with E-state index >= 15 is 0 Å². The molecule has 24 rings (SSSR count). The van der Waals surface area contributed by atoms with Crippen molar-refractivity contribution in [3.8, 4) is 100 Å². The summed E-state index contributed by atoms with van der Waals surface area (Å²) < 4.78 is 19.2. The SMILES string of the molecule is c1ccc(-c2cccc3cccc(-c4ccccc4N(c4ccc(-c5cccc6sc7cc(-c8ccc9c(c8)oc8c(-c%10ccccc%10N(c%10ccccc%10-c%10cccc%11c%10sc%10ccccc%10%11)c%10ccccc%10-c%10cccc%11cccc(-c%12ccccc%12)c%10%11)cccc89)ccc7c56)cc4)c4ccccc4-c4cccc5c4oc4ccccc45)c23)cc1. The number of fused-ring (bicyclic) bond motifs is 14. The Morgan fingerprint density at radius 1 is 0.180 bits per heavy atom. The predicted octanol–water partition coefficient (Wildman–Crippen LogP) is 34.5. The first-order chi connectivity index (χ1) is 60.5. The minimum atomic E-state index is 0.832. The average molecular weight is 1590 g/mol. The predicted molar refractivity (Wildman–Crippen MR) is 520 cm³/mol. The molecule has 0 radical (unpaired) electrons. The second-order valence-electron chi connectivity index (χ2n) is 31.5. The monoisotopic (exact) mass is 1590 g/mol. The summed E-state index contributed by atoms with van der Waals surface area (Å²) in [6.45, 7) is 0. The Balaban J connectivity index is 0.613. The maximum Gasteiger partial charge on any atom is 0.143 e. The van der Waals surface area contributed by atoms with Gasteiger partial charge in [-0.15, -0.1) is 22.7 Å². The van der Waals surface area contributed by atoms with Gasteiger partial charge < -0.3 is 18.6 Å². The van der Waals surface area contributed by atoms with E-state index in [4.69, 9.17) is 8.83 Å². The molecule has 0 bridgehead atoms. The number of rotatable bonds is 15. The van der Waals surface area contributed by atoms with Crippen LogP contribution in [0.3, 0.4) is 0 Å². The van der Waals surface area contributed by atoms with Crippen molar-refractivity contribution in [2.24, 2.45) is 0 Å². The summed E-state index contributed by atoms with van der Waals surface area (Å²) >= 11 is 3.71. The molecular formula is C116H72N2O2S2. The minimum absolute atomic E-state index is 0.832. The van der Waals surface area contributed by atoms with Crippen LogP contribution >= 0.6 is 22.7 Å². The molecule has 0 aliphatic rings. The van der Waals surface area contributed by atoms with Crippen molar-refractivity contribution in [2.45, 2.75) is 0 Å². The number of anilines is 6. The zero-order valence-corrected chi connectivity index (χ0v) is 67.7. The van der Waals surface area contributed by atoms with Crippen LogP contribution in [0.1, 0.15) is 0 Å². The van der Waals surface area contributed by atoms with Crippen LogP contribution in [0.5, 0.6) is 0 Å². The van der Waals surface area contributed by atoms with Gasteiger partial charge >= 0.3 is 0 Å². The van der Waals surface area contributed by atoms with Crippen molar-refractivity contribution >= 4 is 163 Å². The molecule has 0 atom stereocenters. The summed E-state index contributed by atoms with van der Waals surface area (Å²) in [5, 5.41) is 14.1. The van der Waals surface area contributed by atoms with Crippen LogP contribution in [-0.4, -0.2) is 0 Å². The fraction of sp³-hybridized carbons (Fsp3) is 0. The number of nitrogens with zero attached hydrogens (tertiary/aromatic N) is 2. The second-order valence-corrected chi connectivity index (χ2v) is 33.6. The van der Waals surface area contributed by atoms with E-state index in [1.807, 2.05) is 28.7 Å². The highest BCUT2D eigenvalue weighted by molar-refractivity contribution is 7.26. The van der Waals surface area contributed by atoms with E-state index in [-0.39, 0.29) is 0 Å². The van der Waals surface area contributed by atoms with E-state index < -0.39 is 0 Å². The Morgan fingerprint density at radius 2 is 0.541 bits per heavy atom. The molecule has 4 aromatic heterocycles. The first kappa shape index (κ1) is 70.7. The number of furan rings is 2. The van der Waals surface area contributed by atoms with Crippen molar-refractivity contribution in [3.63, 3.8) is 0 Å². The van der Waals surface area contributed by atoms with Crippen LogP contribution in [0.2, 0.25) is 0 Å². The number of hydrogen-bond donors (Lipinski definition) is 0. The van der Waals surface area contributed by atoms with Gasteiger partial charge in [-0.2, -0.15) is 0 Å². The largest absolute Gasteiger partial charge is 0.455 e. The van der Waals surface area contributed by atoms with Crippen molar-refractivity contribution in [3.05, 3.63) is 437 Å². The molecule has 0 unspecified atom stereocenters. The number of benzene rings is 20. The Hall–Kier alpha value is -15.4. The molecule has 20 aromatic carbocycles. The topological polar surface area (TPSA) is 32.8 Å². The zero-order valence-electron chi connectivity index (χ0n) is 66.1. The van der Waals surface area contributed by atoms with E-state index in [0.717, 1.165) is 145 Å². The summed E-state index contributed by atoms with van der Waals surface area (Å²) in [4.78, 5) is 4.98. The van der Waals surface area contributed by atoms with Gasteiger partial charge in [0.15, 0.2) is 0 Å². The molecule has 0 aliphatic heterocycles. The lowest BCUT2D eigenvalue weighted by molar-refractivity contribution is 0.669. The third kappa shape index (κ3) is 11.7. The van der Waals surface area contributed by atoms with Gasteiger partial charge in [0.2, 0.25) is 0 Å². The zero-order chi connectivity index (χ0) is 80.3. The molecule has 0 aliphatic carbocycles. The summed E-state index contributed by atoms with van der Waals surface area (Å²) in [6, 6.07) is 160. The molecule has 0 N–H and O–H groups in total. The van der Waals surface area contributed by atoms with E-state index in [1.54, 1.807) is 0 Å². The molecule has 0 spiro atoms. The lowest BCUT2D eigenvalue weighted by Gasteiger charge is -2.32. The molecule has 0 amide bonds. The minimum Gasteiger partial charge on any atom is -0.455 e. The third-order valence-electron chi connectivity index (χ3n) is 24.7. The van der Waals surface area contributed by atoms with E-state index in [1.165, 1.54) is 95.3 Å². The lowest BCUT2D eigenvalue weighted by Crippen LogP contribution is -2.13. The molecule has 24 aromatic rings. The average Bonchev–Trinajstić information content (AvgIpc) is 1.19. The quantitative estimate of drug-likeness (QED) is 0.102. The van der Waals surface area contributed by atoms with Crippen LogP contribution in [0, 0.1) is 0 Å². The van der Waals surface area contributed by atoms with Gasteiger partial charge in [-0.1, -0.05) is 358 Å². The number of thiophene rings is 2. The molecule has 570 valence electrons. The number of para-hydroxylation sites is 8. The van der Waals surface area contributed by atoms with E-state index in [9.17, 15) is 0 Å². The van der Waals surface area contributed by atoms with Gasteiger partial charge in [0, 0.05) is 112 Å². The second kappa shape index (κ2) is 29.3. The Bertz CT molecular complexity index is 8280. The van der Waals surface area contributed by atoms with Crippen LogP contribution in [0.15, 0.2) is 446 Å². The molecule has 0 saturated carbocycles. The molecule has 4 nitrogen and oxygen atoms in total. The first-order valence-electron chi connectivity index (χ1n) is 41.6. The van der Waals surface area contributed by atoms with Crippen molar-refractivity contribution in [2.75, 3.05) is 9.80 Å². The molecule has 122 heavy (non-hydrogen) atoms. The van der Waals surface area contributed by atoms with Crippen molar-refractivity contribution in [1.29, 1.82) is 0 Å². The van der Waals surface area contributed by atoms with Gasteiger partial charge in [-0.25, -0.2) is 0 Å². The van der Waals surface area contributed by atoms with E-state index in [0.29, 0.717) is 0 Å². The lowest BCUT2D eigenvalue weighted by atomic mass is 9.90. The van der Waals surface area contributed by atoms with Crippen LogP contribution < -0.4 is 9.80 Å². The normalized spacial score (nSPS) is 11.8. The van der Waals surface area contributed by atoms with Crippen molar-refractivity contribution < 1.29 is 8.83 Å². The van der Waals surface area contributed by atoms with Gasteiger partial charge in [-0.3, -0.25) is 0 Å². The van der Waals surface area contributed by atoms with Crippen molar-refractivity contribution in [1.82, 2.24) is 0 Å². The third-order valence-corrected chi connectivity index (χ3v) is 27.1. The van der Waals surface area contributed by atoms with Crippen LogP contribution in [0.4, 0.5) is 34.1 Å². The smallest absolute Gasteiger partial charge is 0.143 e. The highest BCUT2D eigenvalue weighted by Crippen LogP contribution is 2.55. The molecule has 6 heteroatoms. The Kier molecular flexibility index (Phi) is 17.0. The summed E-state index contributed by atoms with van der Waals surface area (Å²) in [5.74, 6) is 0. The highest BCUT2D eigenvalue weighted by atomic mass is 32.1. The van der Waals surface area contributed by atoms with E-state index in [2.05, 4.69) is 441 Å². The fourth-order valence-electron chi connectivity index (χ4n) is 19.3. The van der Waals surface area contributed by atoms with Gasteiger partial charge in [-0.05, 0) is 156 Å². The Labute approximate surface area is 712 Å². The molecule has 4 heterocycles. The van der Waals surface area contributed by atoms with Gasteiger partial charge in [0.1, 0.15) is 22.3 Å². The molecule has 0 saturated heterocycles. The number of hydrogen-bond acceptors (Lipinski definition) is 6. The summed E-state index contributed by atoms with van der Waals surface area (Å²) in [6.07, 6.45) is 0. The summed E-state index contributed by atoms with van der Waals surface area (Å²) in [7, 11) is 0. The highest BCUT2D eigenvalue weighted by Gasteiger charge is 2.29. The summed E-state index contributed by atoms with van der Waals surface area (Å²) in [5.41, 5.74) is 29.9. The molecule has 0 fully saturated rings. The van der Waals surface area contributed by atoms with Gasteiger partial charge in [0.05, 0.1) is 28.4 Å². The van der Waals surface area contributed by atoms with Crippen LogP contribution in [-0.2, 0) is 0 Å². The maximum atomic E-state index is 7.38.